The molecule has 0 unspecified atom stereocenters. The Morgan fingerprint density at radius 1 is 1.11 bits per heavy atom. The second-order valence-electron chi connectivity index (χ2n) is 7.14. The van der Waals surface area contributed by atoms with E-state index in [1.807, 2.05) is 17.5 Å². The molecule has 3 heterocycles. The highest BCUT2D eigenvalue weighted by Crippen LogP contribution is 2.14. The lowest BCUT2D eigenvalue weighted by Gasteiger charge is -2.31. The van der Waals surface area contributed by atoms with Crippen molar-refractivity contribution in [1.82, 2.24) is 19.4 Å². The SMILES string of the molecule is O=C(c1cccs1)N(CCN1CCCCC1)CCS(=O)(=O)N1CCNCC1. The number of carbonyl (C=O) groups excluding carboxylic acids is 1. The van der Waals surface area contributed by atoms with Gasteiger partial charge >= 0.3 is 0 Å². The highest BCUT2D eigenvalue weighted by atomic mass is 32.2. The van der Waals surface area contributed by atoms with E-state index >= 15 is 0 Å². The monoisotopic (exact) mass is 414 g/mol. The third-order valence-electron chi connectivity index (χ3n) is 5.24. The highest BCUT2D eigenvalue weighted by molar-refractivity contribution is 7.89. The Morgan fingerprint density at radius 3 is 2.52 bits per heavy atom. The van der Waals surface area contributed by atoms with E-state index in [2.05, 4.69) is 10.2 Å². The minimum atomic E-state index is -3.33. The Hall–Kier alpha value is -1.00. The Morgan fingerprint density at radius 2 is 1.85 bits per heavy atom. The van der Waals surface area contributed by atoms with Gasteiger partial charge in [0.25, 0.3) is 5.91 Å². The number of sulfonamides is 1. The van der Waals surface area contributed by atoms with E-state index in [1.165, 1.54) is 30.6 Å². The van der Waals surface area contributed by atoms with Crippen LogP contribution in [0.2, 0.25) is 0 Å². The van der Waals surface area contributed by atoms with Gasteiger partial charge in [0.2, 0.25) is 10.0 Å². The number of piperidine rings is 1. The van der Waals surface area contributed by atoms with E-state index in [0.29, 0.717) is 37.6 Å². The third-order valence-corrected chi connectivity index (χ3v) is 7.95. The number of hydrogen-bond donors (Lipinski definition) is 1. The van der Waals surface area contributed by atoms with Crippen LogP contribution in [0.4, 0.5) is 0 Å². The minimum absolute atomic E-state index is 0.00981. The largest absolute Gasteiger partial charge is 0.336 e. The summed E-state index contributed by atoms with van der Waals surface area (Å²) in [4.78, 5) is 17.6. The van der Waals surface area contributed by atoms with Crippen LogP contribution < -0.4 is 5.32 Å². The van der Waals surface area contributed by atoms with Crippen molar-refractivity contribution < 1.29 is 13.2 Å². The molecule has 152 valence electrons. The van der Waals surface area contributed by atoms with E-state index in [9.17, 15) is 13.2 Å². The molecular weight excluding hydrogens is 384 g/mol. The molecule has 0 spiro atoms. The molecule has 3 rings (SSSR count). The topological polar surface area (TPSA) is 73.0 Å². The molecule has 9 heteroatoms. The number of likely N-dealkylation sites (tertiary alicyclic amines) is 1. The van der Waals surface area contributed by atoms with Crippen molar-refractivity contribution in [2.24, 2.45) is 0 Å². The van der Waals surface area contributed by atoms with E-state index in [4.69, 9.17) is 0 Å². The maximum atomic E-state index is 12.9. The molecule has 2 fully saturated rings. The predicted octanol–water partition coefficient (Wildman–Crippen LogP) is 0.911. The zero-order chi connectivity index (χ0) is 19.1. The van der Waals surface area contributed by atoms with Crippen molar-refractivity contribution in [3.05, 3.63) is 22.4 Å². The maximum absolute atomic E-state index is 12.9. The fourth-order valence-electron chi connectivity index (χ4n) is 3.59. The molecule has 27 heavy (non-hydrogen) atoms. The van der Waals surface area contributed by atoms with Crippen molar-refractivity contribution in [2.45, 2.75) is 19.3 Å². The summed E-state index contributed by atoms with van der Waals surface area (Å²) in [5.74, 6) is -0.0677. The molecule has 0 aliphatic carbocycles. The Kier molecular flexibility index (Phi) is 7.66. The van der Waals surface area contributed by atoms with Crippen LogP contribution >= 0.6 is 11.3 Å². The summed E-state index contributed by atoms with van der Waals surface area (Å²) in [5, 5.41) is 5.05. The van der Waals surface area contributed by atoms with Gasteiger partial charge in [0, 0.05) is 45.8 Å². The van der Waals surface area contributed by atoms with Gasteiger partial charge in [-0.3, -0.25) is 4.79 Å². The number of rotatable bonds is 8. The molecule has 0 aromatic carbocycles. The van der Waals surface area contributed by atoms with Crippen LogP contribution in [0.15, 0.2) is 17.5 Å². The molecule has 0 saturated carbocycles. The Balaban J connectivity index is 1.60. The Bertz CT molecular complexity index is 681. The lowest BCUT2D eigenvalue weighted by molar-refractivity contribution is 0.0744. The summed E-state index contributed by atoms with van der Waals surface area (Å²) >= 11 is 1.41. The number of nitrogens with one attached hydrogen (secondary N) is 1. The van der Waals surface area contributed by atoms with Crippen LogP contribution in [0.25, 0.3) is 0 Å². The average Bonchev–Trinajstić information content (AvgIpc) is 3.24. The van der Waals surface area contributed by atoms with E-state index < -0.39 is 10.0 Å². The molecule has 2 aliphatic rings. The van der Waals surface area contributed by atoms with E-state index in [0.717, 1.165) is 19.6 Å². The van der Waals surface area contributed by atoms with Crippen LogP contribution in [0.3, 0.4) is 0 Å². The van der Waals surface area contributed by atoms with Gasteiger partial charge in [-0.1, -0.05) is 12.5 Å². The molecule has 0 bridgehead atoms. The van der Waals surface area contributed by atoms with Crippen LogP contribution in [-0.2, 0) is 10.0 Å². The molecule has 2 aliphatic heterocycles. The van der Waals surface area contributed by atoms with Crippen LogP contribution in [0.1, 0.15) is 28.9 Å². The van der Waals surface area contributed by atoms with Gasteiger partial charge < -0.3 is 15.1 Å². The average molecular weight is 415 g/mol. The maximum Gasteiger partial charge on any atom is 0.263 e. The summed E-state index contributed by atoms with van der Waals surface area (Å²) in [6, 6.07) is 3.67. The summed E-state index contributed by atoms with van der Waals surface area (Å²) in [6.07, 6.45) is 3.68. The summed E-state index contributed by atoms with van der Waals surface area (Å²) < 4.78 is 26.9. The number of thiophene rings is 1. The zero-order valence-corrected chi connectivity index (χ0v) is 17.4. The fraction of sp³-hybridized carbons (Fsp3) is 0.722. The smallest absolute Gasteiger partial charge is 0.263 e. The first-order chi connectivity index (χ1) is 13.1. The van der Waals surface area contributed by atoms with Crippen LogP contribution in [-0.4, -0.2) is 93.1 Å². The molecule has 0 atom stereocenters. The van der Waals surface area contributed by atoms with Crippen LogP contribution in [0, 0.1) is 0 Å². The molecule has 2 saturated heterocycles. The van der Waals surface area contributed by atoms with E-state index in [1.54, 1.807) is 9.21 Å². The fourth-order valence-corrected chi connectivity index (χ4v) is 5.73. The summed E-state index contributed by atoms with van der Waals surface area (Å²) in [7, 11) is -3.33. The molecule has 7 nitrogen and oxygen atoms in total. The van der Waals surface area contributed by atoms with Crippen molar-refractivity contribution >= 4 is 27.3 Å². The third kappa shape index (κ3) is 5.99. The molecule has 0 radical (unpaired) electrons. The first kappa shape index (κ1) is 20.7. The molecular formula is C18H30N4O3S2. The van der Waals surface area contributed by atoms with Gasteiger partial charge in [-0.05, 0) is 37.4 Å². The number of amides is 1. The minimum Gasteiger partial charge on any atom is -0.336 e. The lowest BCUT2D eigenvalue weighted by Crippen LogP contribution is -2.49. The predicted molar refractivity (Wildman–Crippen MR) is 109 cm³/mol. The van der Waals surface area contributed by atoms with Gasteiger partial charge in [-0.25, -0.2) is 8.42 Å². The first-order valence-electron chi connectivity index (χ1n) is 9.80. The van der Waals surface area contributed by atoms with Crippen LogP contribution in [0.5, 0.6) is 0 Å². The Labute approximate surface area is 166 Å². The second-order valence-corrected chi connectivity index (χ2v) is 10.2. The number of nitrogens with zero attached hydrogens (tertiary/aromatic N) is 3. The normalized spacial score (nSPS) is 19.9. The summed E-state index contributed by atoms with van der Waals surface area (Å²) in [5.41, 5.74) is 0. The molecule has 1 aromatic rings. The molecule has 1 N–H and O–H groups in total. The lowest BCUT2D eigenvalue weighted by atomic mass is 10.1. The van der Waals surface area contributed by atoms with Crippen molar-refractivity contribution in [1.29, 1.82) is 0 Å². The quantitative estimate of drug-likeness (QED) is 0.685. The number of carbonyl (C=O) groups is 1. The number of piperazine rings is 1. The summed E-state index contributed by atoms with van der Waals surface area (Å²) in [6.45, 7) is 6.16. The van der Waals surface area contributed by atoms with Crippen molar-refractivity contribution in [2.75, 3.05) is 64.7 Å². The van der Waals surface area contributed by atoms with Crippen molar-refractivity contribution in [3.8, 4) is 0 Å². The second kappa shape index (κ2) is 9.97. The first-order valence-corrected chi connectivity index (χ1v) is 12.3. The molecule has 1 amide bonds. The zero-order valence-electron chi connectivity index (χ0n) is 15.8. The van der Waals surface area contributed by atoms with Gasteiger partial charge in [0.1, 0.15) is 0 Å². The van der Waals surface area contributed by atoms with Gasteiger partial charge in [0.05, 0.1) is 10.6 Å². The van der Waals surface area contributed by atoms with Gasteiger partial charge in [-0.15, -0.1) is 11.3 Å². The molecule has 1 aromatic heterocycles. The standard InChI is InChI=1S/C18H30N4O3S2/c23-18(17-5-4-15-26-17)21(13-12-20-8-2-1-3-9-20)14-16-27(24,25)22-10-6-19-7-11-22/h4-5,15,19H,1-3,6-14,16H2. The van der Waals surface area contributed by atoms with Gasteiger partial charge in [0.15, 0.2) is 0 Å². The van der Waals surface area contributed by atoms with Gasteiger partial charge in [-0.2, -0.15) is 4.31 Å². The number of hydrogen-bond acceptors (Lipinski definition) is 6. The highest BCUT2D eigenvalue weighted by Gasteiger charge is 2.26. The van der Waals surface area contributed by atoms with E-state index in [-0.39, 0.29) is 18.2 Å². The van der Waals surface area contributed by atoms with Crippen molar-refractivity contribution in [3.63, 3.8) is 0 Å².